The second kappa shape index (κ2) is 8.45. The van der Waals surface area contributed by atoms with E-state index in [2.05, 4.69) is 10.5 Å². The van der Waals surface area contributed by atoms with Gasteiger partial charge < -0.3 is 4.90 Å². The van der Waals surface area contributed by atoms with E-state index in [1.807, 2.05) is 0 Å². The number of fused-ring (bicyclic) bond motifs is 1. The molecule has 13 heteroatoms. The maximum atomic E-state index is 12.7. The quantitative estimate of drug-likeness (QED) is 0.396. The lowest BCUT2D eigenvalue weighted by Gasteiger charge is -2.22. The van der Waals surface area contributed by atoms with Gasteiger partial charge in [-0.15, -0.1) is 0 Å². The van der Waals surface area contributed by atoms with Crippen LogP contribution in [0.25, 0.3) is 0 Å². The van der Waals surface area contributed by atoms with Crippen molar-refractivity contribution in [2.75, 3.05) is 26.1 Å². The number of likely N-dealkylation sites (N-methyl/N-ethyl adjacent to an activating group) is 1. The van der Waals surface area contributed by atoms with Gasteiger partial charge in [0.05, 0.1) is 33.4 Å². The van der Waals surface area contributed by atoms with Crippen LogP contribution < -0.4 is 5.43 Å². The van der Waals surface area contributed by atoms with Crippen LogP contribution in [-0.2, 0) is 14.4 Å². The number of nitrogens with zero attached hydrogens (tertiary/aromatic N) is 5. The number of nitro groups is 2. The molecule has 1 saturated carbocycles. The number of hydrazone groups is 1. The van der Waals surface area contributed by atoms with Crippen LogP contribution in [0, 0.1) is 32.1 Å². The lowest BCUT2D eigenvalue weighted by molar-refractivity contribution is -0.394. The molecule has 13 nitrogen and oxygen atoms in total. The van der Waals surface area contributed by atoms with Crippen molar-refractivity contribution in [2.24, 2.45) is 16.9 Å². The molecule has 1 heterocycles. The molecule has 31 heavy (non-hydrogen) atoms. The van der Waals surface area contributed by atoms with Crippen LogP contribution in [0.1, 0.15) is 19.3 Å². The van der Waals surface area contributed by atoms with E-state index in [1.165, 1.54) is 19.0 Å². The highest BCUT2D eigenvalue weighted by atomic mass is 16.6. The minimum atomic E-state index is -0.747. The fraction of sp³-hybridized carbons (Fsp3) is 0.444. The first-order chi connectivity index (χ1) is 14.6. The summed E-state index contributed by atoms with van der Waals surface area (Å²) in [6, 6.07) is 3.07. The van der Waals surface area contributed by atoms with Crippen molar-refractivity contribution >= 4 is 40.5 Å². The monoisotopic (exact) mass is 432 g/mol. The average Bonchev–Trinajstić information content (AvgIpc) is 2.96. The predicted molar refractivity (Wildman–Crippen MR) is 107 cm³/mol. The van der Waals surface area contributed by atoms with Gasteiger partial charge in [-0.25, -0.2) is 0 Å². The fourth-order valence-corrected chi connectivity index (χ4v) is 3.63. The third-order valence-electron chi connectivity index (χ3n) is 5.31. The summed E-state index contributed by atoms with van der Waals surface area (Å²) in [6.07, 6.45) is 0.961. The molecule has 1 saturated heterocycles. The molecular weight excluding hydrogens is 412 g/mol. The number of carbonyl (C=O) groups is 3. The molecule has 2 aliphatic rings. The number of hydrogen-bond acceptors (Lipinski definition) is 9. The Balaban J connectivity index is 1.74. The van der Waals surface area contributed by atoms with Crippen molar-refractivity contribution in [1.82, 2.24) is 9.80 Å². The first-order valence-electron chi connectivity index (χ1n) is 9.39. The summed E-state index contributed by atoms with van der Waals surface area (Å²) in [5, 5.41) is 26.1. The van der Waals surface area contributed by atoms with Gasteiger partial charge in [-0.3, -0.25) is 44.9 Å². The highest BCUT2D eigenvalue weighted by molar-refractivity contribution is 6.09. The fourth-order valence-electron chi connectivity index (χ4n) is 3.63. The Morgan fingerprint density at radius 3 is 2.26 bits per heavy atom. The third-order valence-corrected chi connectivity index (χ3v) is 5.31. The number of non-ortho nitro benzene ring substituents is 2. The second-order valence-electron chi connectivity index (χ2n) is 7.55. The molecule has 3 rings (SSSR count). The number of anilines is 1. The molecule has 1 aliphatic heterocycles. The smallest absolute Gasteiger partial charge is 0.278 e. The van der Waals surface area contributed by atoms with E-state index in [4.69, 9.17) is 0 Å². The highest BCUT2D eigenvalue weighted by Gasteiger charge is 2.50. The summed E-state index contributed by atoms with van der Waals surface area (Å²) in [5.74, 6) is -2.30. The van der Waals surface area contributed by atoms with E-state index in [0.29, 0.717) is 18.6 Å². The molecule has 2 atom stereocenters. The average molecular weight is 432 g/mol. The number of likely N-dealkylation sites (tertiary alicyclic amines) is 1. The Morgan fingerprint density at radius 2 is 1.71 bits per heavy atom. The molecule has 0 unspecified atom stereocenters. The van der Waals surface area contributed by atoms with Gasteiger partial charge in [-0.2, -0.15) is 5.10 Å². The van der Waals surface area contributed by atoms with Crippen LogP contribution in [0.5, 0.6) is 0 Å². The van der Waals surface area contributed by atoms with E-state index < -0.39 is 39.0 Å². The van der Waals surface area contributed by atoms with Gasteiger partial charge in [0.25, 0.3) is 11.4 Å². The topological polar surface area (TPSA) is 168 Å². The normalized spacial score (nSPS) is 21.7. The Bertz CT molecular complexity index is 973. The molecule has 3 amide bonds. The maximum Gasteiger partial charge on any atom is 0.278 e. The zero-order valence-corrected chi connectivity index (χ0v) is 16.8. The van der Waals surface area contributed by atoms with E-state index >= 15 is 0 Å². The SMILES string of the molecule is CN(C)C(=O)CN1C(=O)[C@H]2CC/C(=N\Nc3cc([N+](=O)[O-])cc([N+](=O)[O-])c3)C[C@@H]2C1=O. The Hall–Kier alpha value is -3.90. The van der Waals surface area contributed by atoms with Crippen LogP contribution in [0.3, 0.4) is 0 Å². The van der Waals surface area contributed by atoms with Gasteiger partial charge in [0.1, 0.15) is 6.54 Å². The molecule has 0 spiro atoms. The zero-order valence-electron chi connectivity index (χ0n) is 16.8. The van der Waals surface area contributed by atoms with Gasteiger partial charge in [0.15, 0.2) is 0 Å². The number of carbonyl (C=O) groups excluding carboxylic acids is 3. The van der Waals surface area contributed by atoms with Crippen molar-refractivity contribution in [3.63, 3.8) is 0 Å². The molecule has 2 fully saturated rings. The van der Waals surface area contributed by atoms with Gasteiger partial charge in [-0.05, 0) is 19.3 Å². The van der Waals surface area contributed by atoms with Gasteiger partial charge >= 0.3 is 0 Å². The van der Waals surface area contributed by atoms with Crippen LogP contribution in [0.4, 0.5) is 17.1 Å². The summed E-state index contributed by atoms with van der Waals surface area (Å²) >= 11 is 0. The number of hydrogen-bond donors (Lipinski definition) is 1. The summed E-state index contributed by atoms with van der Waals surface area (Å²) in [6.45, 7) is -0.306. The minimum absolute atomic E-state index is 0.0579. The summed E-state index contributed by atoms with van der Waals surface area (Å²) in [7, 11) is 3.07. The maximum absolute atomic E-state index is 12.7. The van der Waals surface area contributed by atoms with Crippen molar-refractivity contribution in [3.05, 3.63) is 38.4 Å². The largest absolute Gasteiger partial charge is 0.347 e. The van der Waals surface area contributed by atoms with E-state index in [0.717, 1.165) is 23.1 Å². The molecule has 1 N–H and O–H groups in total. The lowest BCUT2D eigenvalue weighted by Crippen LogP contribution is -2.40. The second-order valence-corrected chi connectivity index (χ2v) is 7.55. The lowest BCUT2D eigenvalue weighted by atomic mass is 9.80. The van der Waals surface area contributed by atoms with E-state index in [1.54, 1.807) is 0 Å². The number of imide groups is 1. The summed E-state index contributed by atoms with van der Waals surface area (Å²) in [4.78, 5) is 59.9. The Morgan fingerprint density at radius 1 is 1.13 bits per heavy atom. The number of nitro benzene ring substituents is 2. The molecule has 1 aromatic rings. The first kappa shape index (κ1) is 21.8. The van der Waals surface area contributed by atoms with Gasteiger partial charge in [-0.1, -0.05) is 0 Å². The number of rotatable bonds is 6. The van der Waals surface area contributed by atoms with Crippen LogP contribution in [-0.4, -0.2) is 63.7 Å². The molecule has 0 aromatic heterocycles. The van der Waals surface area contributed by atoms with Crippen molar-refractivity contribution in [1.29, 1.82) is 0 Å². The summed E-state index contributed by atoms with van der Waals surface area (Å²) in [5.41, 5.74) is 2.27. The van der Waals surface area contributed by atoms with Gasteiger partial charge in [0, 0.05) is 31.9 Å². The van der Waals surface area contributed by atoms with Crippen molar-refractivity contribution < 1.29 is 24.2 Å². The number of benzene rings is 1. The van der Waals surface area contributed by atoms with Crippen molar-refractivity contribution in [2.45, 2.75) is 19.3 Å². The number of amides is 3. The molecule has 164 valence electrons. The Kier molecular flexibility index (Phi) is 5.95. The molecule has 1 aliphatic carbocycles. The van der Waals surface area contributed by atoms with Crippen molar-refractivity contribution in [3.8, 4) is 0 Å². The molecule has 1 aromatic carbocycles. The standard InChI is InChI=1S/C18H20N6O7/c1-21(2)16(25)9-22-17(26)14-4-3-10(7-15(14)18(22)27)19-20-11-5-12(23(28)29)8-13(6-11)24(30)31/h5-6,8,14-15,20H,3-4,7,9H2,1-2H3/b19-10+/t14-,15-/m0/s1. The third kappa shape index (κ3) is 4.49. The highest BCUT2D eigenvalue weighted by Crippen LogP contribution is 2.37. The van der Waals surface area contributed by atoms with Crippen LogP contribution in [0.15, 0.2) is 23.3 Å². The van der Waals surface area contributed by atoms with Crippen LogP contribution in [0.2, 0.25) is 0 Å². The number of nitrogens with one attached hydrogen (secondary N) is 1. The predicted octanol–water partition coefficient (Wildman–Crippen LogP) is 1.14. The Labute approximate surface area is 176 Å². The van der Waals surface area contributed by atoms with E-state index in [-0.39, 0.29) is 30.5 Å². The molecule has 0 radical (unpaired) electrons. The van der Waals surface area contributed by atoms with E-state index in [9.17, 15) is 34.6 Å². The minimum Gasteiger partial charge on any atom is -0.347 e. The summed E-state index contributed by atoms with van der Waals surface area (Å²) < 4.78 is 0. The molecular formula is C18H20N6O7. The zero-order chi connectivity index (χ0) is 22.9. The van der Waals surface area contributed by atoms with Crippen LogP contribution >= 0.6 is 0 Å². The first-order valence-corrected chi connectivity index (χ1v) is 9.39. The van der Waals surface area contributed by atoms with Gasteiger partial charge in [0.2, 0.25) is 17.7 Å². The molecule has 0 bridgehead atoms.